The lowest BCUT2D eigenvalue weighted by atomic mass is 10.1. The van der Waals surface area contributed by atoms with Crippen LogP contribution in [0.5, 0.6) is 5.88 Å². The average molecular weight is 293 g/mol. The van der Waals surface area contributed by atoms with Crippen molar-refractivity contribution in [2.75, 3.05) is 5.88 Å². The minimum Gasteiger partial charge on any atom is -0.494 e. The highest BCUT2D eigenvalue weighted by Gasteiger charge is 2.18. The van der Waals surface area contributed by atoms with Crippen LogP contribution in [0.1, 0.15) is 11.1 Å². The van der Waals surface area contributed by atoms with E-state index in [-0.39, 0.29) is 18.0 Å². The number of aromatic nitrogens is 1. The molecule has 0 unspecified atom stereocenters. The van der Waals surface area contributed by atoms with Gasteiger partial charge in [-0.15, -0.1) is 11.6 Å². The van der Waals surface area contributed by atoms with E-state index >= 15 is 0 Å². The monoisotopic (exact) mass is 292 g/mol. The first kappa shape index (κ1) is 14.5. The minimum atomic E-state index is -4.40. The molecule has 1 heterocycles. The Balaban J connectivity index is 3.49. The molecule has 0 fully saturated rings. The fraction of sp³-hybridized carbons (Fsp3) is 0.333. The van der Waals surface area contributed by atoms with Gasteiger partial charge in [0, 0.05) is 18.5 Å². The van der Waals surface area contributed by atoms with Crippen LogP contribution in [0.2, 0.25) is 0 Å². The molecular formula is C9H9ClN2O5S. The van der Waals surface area contributed by atoms with Crippen molar-refractivity contribution in [1.82, 2.24) is 4.57 Å². The first-order valence-electron chi connectivity index (χ1n) is 4.67. The smallest absolute Gasteiger partial charge is 0.271 e. The van der Waals surface area contributed by atoms with Gasteiger partial charge < -0.3 is 5.11 Å². The van der Waals surface area contributed by atoms with Gasteiger partial charge in [0.05, 0.1) is 0 Å². The molecule has 1 aromatic rings. The molecule has 0 saturated carbocycles. The average Bonchev–Trinajstić information content (AvgIpc) is 2.22. The summed E-state index contributed by atoms with van der Waals surface area (Å²) in [5.74, 6) is -1.39. The van der Waals surface area contributed by atoms with Gasteiger partial charge in [-0.25, -0.2) is 0 Å². The lowest BCUT2D eigenvalue weighted by molar-refractivity contribution is 0.410. The van der Waals surface area contributed by atoms with Gasteiger partial charge in [0.25, 0.3) is 15.7 Å². The number of halogens is 1. The summed E-state index contributed by atoms with van der Waals surface area (Å²) < 4.78 is 31.0. The van der Waals surface area contributed by atoms with E-state index in [1.54, 1.807) is 6.07 Å². The summed E-state index contributed by atoms with van der Waals surface area (Å²) in [6, 6.07) is 2.49. The number of hydrogen-bond acceptors (Lipinski definition) is 5. The first-order valence-corrected chi connectivity index (χ1v) is 6.81. The summed E-state index contributed by atoms with van der Waals surface area (Å²) in [5.41, 5.74) is -1.55. The Bertz CT molecular complexity index is 659. The van der Waals surface area contributed by atoms with E-state index in [1.807, 2.05) is 0 Å². The van der Waals surface area contributed by atoms with Crippen molar-refractivity contribution in [3.8, 4) is 11.9 Å². The molecule has 0 aliphatic rings. The van der Waals surface area contributed by atoms with Crippen molar-refractivity contribution in [2.24, 2.45) is 0 Å². The van der Waals surface area contributed by atoms with Gasteiger partial charge in [-0.05, 0) is 5.56 Å². The van der Waals surface area contributed by atoms with E-state index in [9.17, 15) is 18.3 Å². The summed E-state index contributed by atoms with van der Waals surface area (Å²) in [6.07, 6.45) is 0. The van der Waals surface area contributed by atoms with Gasteiger partial charge in [0.1, 0.15) is 17.4 Å². The second-order valence-corrected chi connectivity index (χ2v) is 5.22. The van der Waals surface area contributed by atoms with Crippen molar-refractivity contribution in [3.05, 3.63) is 27.5 Å². The van der Waals surface area contributed by atoms with Crippen LogP contribution >= 0.6 is 11.6 Å². The topological polar surface area (TPSA) is 120 Å². The molecule has 0 aliphatic heterocycles. The first-order chi connectivity index (χ1) is 8.30. The number of pyridine rings is 1. The van der Waals surface area contributed by atoms with Crippen LogP contribution in [-0.2, 0) is 22.4 Å². The maximum atomic E-state index is 11.8. The van der Waals surface area contributed by atoms with Crippen LogP contribution in [0.15, 0.2) is 10.9 Å². The third kappa shape index (κ3) is 3.22. The molecule has 0 saturated heterocycles. The maximum absolute atomic E-state index is 11.8. The lowest BCUT2D eigenvalue weighted by Gasteiger charge is -2.09. The molecular weight excluding hydrogens is 284 g/mol. The second kappa shape index (κ2) is 5.39. The zero-order valence-electron chi connectivity index (χ0n) is 9.00. The van der Waals surface area contributed by atoms with Crippen molar-refractivity contribution < 1.29 is 18.1 Å². The van der Waals surface area contributed by atoms with Crippen molar-refractivity contribution in [3.63, 3.8) is 0 Å². The van der Waals surface area contributed by atoms with Gasteiger partial charge in [-0.2, -0.15) is 13.7 Å². The number of aromatic hydroxyl groups is 1. The van der Waals surface area contributed by atoms with Gasteiger partial charge in [0.15, 0.2) is 5.88 Å². The Morgan fingerprint density at radius 3 is 2.56 bits per heavy atom. The quantitative estimate of drug-likeness (QED) is 0.597. The molecule has 7 nitrogen and oxygen atoms in total. The Kier molecular flexibility index (Phi) is 4.34. The second-order valence-electron chi connectivity index (χ2n) is 3.39. The van der Waals surface area contributed by atoms with Crippen molar-refractivity contribution >= 4 is 21.7 Å². The molecule has 1 rings (SSSR count). The van der Waals surface area contributed by atoms with Gasteiger partial charge in [-0.1, -0.05) is 0 Å². The van der Waals surface area contributed by atoms with Crippen LogP contribution in [-0.4, -0.2) is 28.5 Å². The fourth-order valence-electron chi connectivity index (χ4n) is 1.41. The zero-order valence-corrected chi connectivity index (χ0v) is 10.6. The fourth-order valence-corrected chi connectivity index (χ4v) is 2.20. The molecule has 9 heteroatoms. The molecule has 0 amide bonds. The van der Waals surface area contributed by atoms with E-state index in [0.717, 1.165) is 10.6 Å². The van der Waals surface area contributed by atoms with E-state index in [0.29, 0.717) is 0 Å². The summed E-state index contributed by atoms with van der Waals surface area (Å²) >= 11 is 5.43. The summed E-state index contributed by atoms with van der Waals surface area (Å²) in [5, 5.41) is 18.4. The molecule has 0 atom stereocenters. The Labute approximate surface area is 108 Å². The predicted molar refractivity (Wildman–Crippen MR) is 63.1 cm³/mol. The molecule has 2 N–H and O–H groups in total. The highest BCUT2D eigenvalue weighted by molar-refractivity contribution is 7.85. The number of nitrogens with zero attached hydrogens (tertiary/aromatic N) is 2. The highest BCUT2D eigenvalue weighted by Crippen LogP contribution is 2.15. The largest absolute Gasteiger partial charge is 0.494 e. The standard InChI is InChI=1S/C9H9ClN2O5S/c10-1-2-12-8(13)3-6(5-18(15,16)17)7(4-11)9(12)14/h3,13H,1-2,5H2,(H,15,16,17). The Hall–Kier alpha value is -1.56. The third-order valence-electron chi connectivity index (χ3n) is 2.12. The number of rotatable bonds is 4. The van der Waals surface area contributed by atoms with Crippen molar-refractivity contribution in [2.45, 2.75) is 12.3 Å². The van der Waals surface area contributed by atoms with E-state index in [2.05, 4.69) is 0 Å². The van der Waals surface area contributed by atoms with Gasteiger partial charge in [-0.3, -0.25) is 13.9 Å². The van der Waals surface area contributed by atoms with Crippen molar-refractivity contribution in [1.29, 1.82) is 5.26 Å². The molecule has 98 valence electrons. The van der Waals surface area contributed by atoms with E-state index < -0.39 is 32.9 Å². The van der Waals surface area contributed by atoms with Crippen LogP contribution < -0.4 is 5.56 Å². The van der Waals surface area contributed by atoms with Crippen LogP contribution in [0.25, 0.3) is 0 Å². The number of alkyl halides is 1. The normalized spacial score (nSPS) is 11.2. The molecule has 0 aromatic carbocycles. The van der Waals surface area contributed by atoms with E-state index in [4.69, 9.17) is 21.4 Å². The third-order valence-corrected chi connectivity index (χ3v) is 2.96. The van der Waals surface area contributed by atoms with Crippen LogP contribution in [0.4, 0.5) is 0 Å². The minimum absolute atomic E-state index is 0.0208. The molecule has 1 aromatic heterocycles. The van der Waals surface area contributed by atoms with Gasteiger partial charge in [0.2, 0.25) is 0 Å². The Morgan fingerprint density at radius 1 is 1.50 bits per heavy atom. The highest BCUT2D eigenvalue weighted by atomic mass is 35.5. The Morgan fingerprint density at radius 2 is 2.11 bits per heavy atom. The van der Waals surface area contributed by atoms with E-state index in [1.165, 1.54) is 0 Å². The predicted octanol–water partition coefficient (Wildman–Crippen LogP) is 0.0522. The SMILES string of the molecule is N#Cc1c(CS(=O)(=O)O)cc(O)n(CCCl)c1=O. The number of nitriles is 1. The summed E-state index contributed by atoms with van der Waals surface area (Å²) in [6.45, 7) is -0.0208. The molecule has 0 aliphatic carbocycles. The summed E-state index contributed by atoms with van der Waals surface area (Å²) in [7, 11) is -4.40. The maximum Gasteiger partial charge on any atom is 0.271 e. The molecule has 18 heavy (non-hydrogen) atoms. The molecule has 0 bridgehead atoms. The molecule has 0 spiro atoms. The van der Waals surface area contributed by atoms with Gasteiger partial charge >= 0.3 is 0 Å². The zero-order chi connectivity index (χ0) is 13.9. The van der Waals surface area contributed by atoms with Crippen LogP contribution in [0, 0.1) is 11.3 Å². The number of hydrogen-bond donors (Lipinski definition) is 2. The lowest BCUT2D eigenvalue weighted by Crippen LogP contribution is -2.25. The van der Waals surface area contributed by atoms with Crippen LogP contribution in [0.3, 0.4) is 0 Å². The summed E-state index contributed by atoms with van der Waals surface area (Å²) in [4.78, 5) is 11.8. The molecule has 0 radical (unpaired) electrons.